The number of ether oxygens (including phenoxy) is 1. The molecule has 4 aromatic rings. The number of carbonyl (C=O) groups excluding carboxylic acids is 1. The number of aromatic amines is 1. The molecule has 1 amide bonds. The molecule has 0 saturated carbocycles. The van der Waals surface area contributed by atoms with Crippen LogP contribution in [0.15, 0.2) is 71.3 Å². The second-order valence-electron chi connectivity index (χ2n) is 6.30. The lowest BCUT2D eigenvalue weighted by molar-refractivity contribution is 0.0781. The van der Waals surface area contributed by atoms with Gasteiger partial charge >= 0.3 is 0 Å². The van der Waals surface area contributed by atoms with Gasteiger partial charge in [0.05, 0.1) is 23.1 Å². The van der Waals surface area contributed by atoms with Gasteiger partial charge in [-0.25, -0.2) is 9.97 Å². The molecule has 0 aliphatic carbocycles. The first kappa shape index (κ1) is 18.2. The molecule has 140 valence electrons. The molecule has 0 fully saturated rings. The van der Waals surface area contributed by atoms with Crippen molar-refractivity contribution in [2.45, 2.75) is 6.54 Å². The summed E-state index contributed by atoms with van der Waals surface area (Å²) >= 11 is 3.38. The van der Waals surface area contributed by atoms with E-state index < -0.39 is 0 Å². The Kier molecular flexibility index (Phi) is 5.08. The molecular weight excluding hydrogens is 420 g/mol. The minimum atomic E-state index is -0.136. The summed E-state index contributed by atoms with van der Waals surface area (Å²) < 4.78 is 6.66. The lowest BCUT2D eigenvalue weighted by Crippen LogP contribution is -2.26. The van der Waals surface area contributed by atoms with Crippen molar-refractivity contribution in [2.75, 3.05) is 7.05 Å². The molecule has 2 aromatic carbocycles. The molecular formula is C21H17BrN4O2. The van der Waals surface area contributed by atoms with Crippen molar-refractivity contribution < 1.29 is 9.53 Å². The number of hydrogen-bond donors (Lipinski definition) is 1. The van der Waals surface area contributed by atoms with Gasteiger partial charge in [-0.15, -0.1) is 0 Å². The van der Waals surface area contributed by atoms with Crippen LogP contribution >= 0.6 is 15.9 Å². The zero-order valence-corrected chi connectivity index (χ0v) is 16.7. The Bertz CT molecular complexity index is 1070. The number of nitrogens with one attached hydrogen (secondary N) is 1. The number of hydrogen-bond acceptors (Lipinski definition) is 4. The molecule has 2 aromatic heterocycles. The summed E-state index contributed by atoms with van der Waals surface area (Å²) in [7, 11) is 1.74. The average molecular weight is 437 g/mol. The molecule has 4 rings (SSSR count). The van der Waals surface area contributed by atoms with Gasteiger partial charge in [-0.2, -0.15) is 0 Å². The molecule has 2 heterocycles. The number of para-hydroxylation sites is 2. The summed E-state index contributed by atoms with van der Waals surface area (Å²) in [6.07, 6.45) is 1.52. The normalized spacial score (nSPS) is 10.8. The molecule has 0 aliphatic heterocycles. The van der Waals surface area contributed by atoms with Crippen molar-refractivity contribution in [3.63, 3.8) is 0 Å². The molecule has 1 N–H and O–H groups in total. The summed E-state index contributed by atoms with van der Waals surface area (Å²) in [6.45, 7) is 0.380. The van der Waals surface area contributed by atoms with E-state index in [-0.39, 0.29) is 5.91 Å². The van der Waals surface area contributed by atoms with E-state index in [9.17, 15) is 4.79 Å². The van der Waals surface area contributed by atoms with E-state index in [1.807, 2.05) is 48.5 Å². The minimum absolute atomic E-state index is 0.136. The summed E-state index contributed by atoms with van der Waals surface area (Å²) in [6, 6.07) is 18.6. The number of benzene rings is 2. The van der Waals surface area contributed by atoms with Crippen molar-refractivity contribution in [1.82, 2.24) is 19.9 Å². The molecule has 7 heteroatoms. The number of imidazole rings is 1. The molecule has 0 bridgehead atoms. The highest BCUT2D eigenvalue weighted by Gasteiger charge is 2.14. The van der Waals surface area contributed by atoms with Gasteiger partial charge in [-0.1, -0.05) is 28.1 Å². The fraction of sp³-hybridized carbons (Fsp3) is 0.0952. The summed E-state index contributed by atoms with van der Waals surface area (Å²) in [4.78, 5) is 26.2. The van der Waals surface area contributed by atoms with Crippen LogP contribution in [0.25, 0.3) is 11.0 Å². The van der Waals surface area contributed by atoms with E-state index in [1.165, 1.54) is 6.20 Å². The highest BCUT2D eigenvalue weighted by Crippen LogP contribution is 2.22. The molecule has 28 heavy (non-hydrogen) atoms. The van der Waals surface area contributed by atoms with E-state index in [4.69, 9.17) is 4.74 Å². The van der Waals surface area contributed by atoms with Crippen LogP contribution in [0.4, 0.5) is 0 Å². The topological polar surface area (TPSA) is 71.1 Å². The van der Waals surface area contributed by atoms with Crippen LogP contribution < -0.4 is 4.74 Å². The monoisotopic (exact) mass is 436 g/mol. The molecule has 0 spiro atoms. The van der Waals surface area contributed by atoms with Gasteiger partial charge in [-0.05, 0) is 42.5 Å². The maximum atomic E-state index is 12.7. The predicted molar refractivity (Wildman–Crippen MR) is 110 cm³/mol. The van der Waals surface area contributed by atoms with Crippen molar-refractivity contribution in [2.24, 2.45) is 0 Å². The van der Waals surface area contributed by atoms with Gasteiger partial charge in [0, 0.05) is 23.8 Å². The molecule has 0 unspecified atom stereocenters. The molecule has 0 aliphatic rings. The smallest absolute Gasteiger partial charge is 0.255 e. The fourth-order valence-corrected chi connectivity index (χ4v) is 3.05. The third-order valence-electron chi connectivity index (χ3n) is 4.19. The molecule has 0 saturated heterocycles. The summed E-state index contributed by atoms with van der Waals surface area (Å²) in [5, 5.41) is 0. The van der Waals surface area contributed by atoms with Crippen molar-refractivity contribution in [3.8, 4) is 11.6 Å². The summed E-state index contributed by atoms with van der Waals surface area (Å²) in [5.41, 5.74) is 2.32. The van der Waals surface area contributed by atoms with E-state index in [1.54, 1.807) is 24.1 Å². The Morgan fingerprint density at radius 1 is 1.11 bits per heavy atom. The van der Waals surface area contributed by atoms with Crippen LogP contribution in [0.5, 0.6) is 11.6 Å². The second-order valence-corrected chi connectivity index (χ2v) is 7.22. The number of amides is 1. The number of aromatic nitrogens is 3. The lowest BCUT2D eigenvalue weighted by Gasteiger charge is -2.15. The van der Waals surface area contributed by atoms with Gasteiger partial charge in [0.2, 0.25) is 5.88 Å². The Hall–Kier alpha value is -3.19. The third-order valence-corrected chi connectivity index (χ3v) is 4.72. The number of rotatable bonds is 5. The first-order valence-electron chi connectivity index (χ1n) is 8.67. The maximum Gasteiger partial charge on any atom is 0.255 e. The Balaban J connectivity index is 1.42. The average Bonchev–Trinajstić information content (AvgIpc) is 3.12. The van der Waals surface area contributed by atoms with E-state index >= 15 is 0 Å². The lowest BCUT2D eigenvalue weighted by atomic mass is 10.2. The van der Waals surface area contributed by atoms with Gasteiger partial charge in [0.1, 0.15) is 11.6 Å². The number of H-pyrrole nitrogens is 1. The molecule has 6 nitrogen and oxygen atoms in total. The second kappa shape index (κ2) is 7.82. The predicted octanol–water partition coefficient (Wildman–Crippen LogP) is 4.78. The minimum Gasteiger partial charge on any atom is -0.439 e. The molecule has 0 radical (unpaired) electrons. The maximum absolute atomic E-state index is 12.7. The van der Waals surface area contributed by atoms with Crippen LogP contribution in [0.3, 0.4) is 0 Å². The highest BCUT2D eigenvalue weighted by atomic mass is 79.9. The van der Waals surface area contributed by atoms with Crippen molar-refractivity contribution in [1.29, 1.82) is 0 Å². The van der Waals surface area contributed by atoms with E-state index in [2.05, 4.69) is 30.9 Å². The third kappa shape index (κ3) is 4.04. The fourth-order valence-electron chi connectivity index (χ4n) is 2.79. The number of pyridine rings is 1. The Morgan fingerprint density at radius 3 is 2.61 bits per heavy atom. The van der Waals surface area contributed by atoms with Crippen molar-refractivity contribution in [3.05, 3.63) is 82.7 Å². The van der Waals surface area contributed by atoms with Crippen LogP contribution in [0, 0.1) is 0 Å². The van der Waals surface area contributed by atoms with E-state index in [0.717, 1.165) is 21.3 Å². The SMILES string of the molecule is CN(Cc1nc2ccccc2[nH]1)C(=O)c1ccc(Oc2ccc(Br)cc2)nc1. The summed E-state index contributed by atoms with van der Waals surface area (Å²) in [5.74, 6) is 1.71. The van der Waals surface area contributed by atoms with E-state index in [0.29, 0.717) is 23.7 Å². The standard InChI is InChI=1S/C21H17BrN4O2/c1-26(13-19-24-17-4-2-3-5-18(17)25-19)21(27)14-6-11-20(23-12-14)28-16-9-7-15(22)8-10-16/h2-12H,13H2,1H3,(H,24,25). The van der Waals surface area contributed by atoms with Crippen LogP contribution in [-0.2, 0) is 6.54 Å². The van der Waals surface area contributed by atoms with Crippen LogP contribution in [0.2, 0.25) is 0 Å². The number of carbonyl (C=O) groups is 1. The van der Waals surface area contributed by atoms with Crippen LogP contribution in [-0.4, -0.2) is 32.8 Å². The first-order valence-corrected chi connectivity index (χ1v) is 9.46. The van der Waals surface area contributed by atoms with Gasteiger partial charge < -0.3 is 14.6 Å². The Morgan fingerprint density at radius 2 is 1.89 bits per heavy atom. The Labute approximate surface area is 170 Å². The highest BCUT2D eigenvalue weighted by molar-refractivity contribution is 9.10. The molecule has 0 atom stereocenters. The number of halogens is 1. The number of nitrogens with zero attached hydrogens (tertiary/aromatic N) is 3. The zero-order valence-electron chi connectivity index (χ0n) is 15.1. The van der Waals surface area contributed by atoms with Gasteiger partial charge in [0.15, 0.2) is 0 Å². The number of fused-ring (bicyclic) bond motifs is 1. The van der Waals surface area contributed by atoms with Crippen molar-refractivity contribution >= 4 is 32.9 Å². The van der Waals surface area contributed by atoms with Gasteiger partial charge in [0.25, 0.3) is 5.91 Å². The zero-order chi connectivity index (χ0) is 19.5. The van der Waals surface area contributed by atoms with Gasteiger partial charge in [-0.3, -0.25) is 4.79 Å². The largest absolute Gasteiger partial charge is 0.439 e. The first-order chi connectivity index (χ1) is 13.6. The quantitative estimate of drug-likeness (QED) is 0.488. The van der Waals surface area contributed by atoms with Crippen LogP contribution in [0.1, 0.15) is 16.2 Å².